The van der Waals surface area contributed by atoms with Gasteiger partial charge in [-0.05, 0) is 19.3 Å². The van der Waals surface area contributed by atoms with E-state index in [0.717, 1.165) is 25.7 Å². The molecule has 0 aromatic carbocycles. The minimum atomic E-state index is -2.88. The van der Waals surface area contributed by atoms with Crippen LogP contribution in [0.2, 0.25) is 0 Å². The van der Waals surface area contributed by atoms with Crippen LogP contribution < -0.4 is 0 Å². The SMILES string of the molecule is CCCCCCCOP(=O)(CCCCCCC)OCCCCCCC. The second-order valence-electron chi connectivity index (χ2n) is 7.24. The molecule has 0 atom stereocenters. The van der Waals surface area contributed by atoms with Crippen LogP contribution in [-0.2, 0) is 13.6 Å². The third-order valence-corrected chi connectivity index (χ3v) is 6.62. The minimum absolute atomic E-state index is 0.589. The van der Waals surface area contributed by atoms with Crippen molar-refractivity contribution in [1.29, 1.82) is 0 Å². The molecule has 0 amide bonds. The predicted molar refractivity (Wildman–Crippen MR) is 111 cm³/mol. The highest BCUT2D eigenvalue weighted by atomic mass is 31.2. The molecule has 0 radical (unpaired) electrons. The molecule has 0 aromatic heterocycles. The van der Waals surface area contributed by atoms with Gasteiger partial charge in [-0.15, -0.1) is 0 Å². The van der Waals surface area contributed by atoms with Crippen molar-refractivity contribution in [2.45, 2.75) is 117 Å². The van der Waals surface area contributed by atoms with Crippen molar-refractivity contribution in [3.63, 3.8) is 0 Å². The van der Waals surface area contributed by atoms with Crippen LogP contribution in [0.3, 0.4) is 0 Å². The quantitative estimate of drug-likeness (QED) is 0.159. The lowest BCUT2D eigenvalue weighted by Crippen LogP contribution is -2.03. The Kier molecular flexibility index (Phi) is 19.0. The summed E-state index contributed by atoms with van der Waals surface area (Å²) in [5.41, 5.74) is 0. The van der Waals surface area contributed by atoms with Gasteiger partial charge in [0.05, 0.1) is 19.4 Å². The van der Waals surface area contributed by atoms with E-state index in [2.05, 4.69) is 20.8 Å². The van der Waals surface area contributed by atoms with E-state index in [-0.39, 0.29) is 0 Å². The lowest BCUT2D eigenvalue weighted by atomic mass is 10.2. The summed E-state index contributed by atoms with van der Waals surface area (Å²) in [7, 11) is -2.88. The molecule has 25 heavy (non-hydrogen) atoms. The van der Waals surface area contributed by atoms with Crippen molar-refractivity contribution in [2.75, 3.05) is 19.4 Å². The van der Waals surface area contributed by atoms with Gasteiger partial charge in [-0.2, -0.15) is 0 Å². The molecule has 152 valence electrons. The molecule has 4 heteroatoms. The van der Waals surface area contributed by atoms with Gasteiger partial charge >= 0.3 is 7.60 Å². The highest BCUT2D eigenvalue weighted by Gasteiger charge is 2.23. The highest BCUT2D eigenvalue weighted by Crippen LogP contribution is 2.49. The fraction of sp³-hybridized carbons (Fsp3) is 1.00. The highest BCUT2D eigenvalue weighted by molar-refractivity contribution is 7.53. The van der Waals surface area contributed by atoms with Crippen LogP contribution in [0.25, 0.3) is 0 Å². The van der Waals surface area contributed by atoms with Gasteiger partial charge < -0.3 is 9.05 Å². The first kappa shape index (κ1) is 25.1. The van der Waals surface area contributed by atoms with Crippen LogP contribution in [0, 0.1) is 0 Å². The molecule has 0 aromatic rings. The van der Waals surface area contributed by atoms with Crippen molar-refractivity contribution in [2.24, 2.45) is 0 Å². The van der Waals surface area contributed by atoms with E-state index in [1.165, 1.54) is 70.6 Å². The fourth-order valence-corrected chi connectivity index (χ4v) is 4.65. The van der Waals surface area contributed by atoms with Gasteiger partial charge in [-0.25, -0.2) is 0 Å². The summed E-state index contributed by atoms with van der Waals surface area (Å²) in [6.45, 7) is 7.83. The average molecular weight is 377 g/mol. The zero-order chi connectivity index (χ0) is 18.6. The molecule has 0 fully saturated rings. The van der Waals surface area contributed by atoms with Crippen LogP contribution in [0.1, 0.15) is 117 Å². The van der Waals surface area contributed by atoms with Gasteiger partial charge in [0.25, 0.3) is 0 Å². The van der Waals surface area contributed by atoms with Crippen molar-refractivity contribution in [3.8, 4) is 0 Å². The van der Waals surface area contributed by atoms with Gasteiger partial charge in [-0.3, -0.25) is 4.57 Å². The molecule has 3 nitrogen and oxygen atoms in total. The molecule has 0 bridgehead atoms. The first-order valence-corrected chi connectivity index (χ1v) is 12.8. The van der Waals surface area contributed by atoms with Crippen LogP contribution in [-0.4, -0.2) is 19.4 Å². The van der Waals surface area contributed by atoms with Crippen molar-refractivity contribution in [1.82, 2.24) is 0 Å². The molecule has 0 aliphatic carbocycles. The first-order valence-electron chi connectivity index (χ1n) is 11.1. The van der Waals surface area contributed by atoms with Gasteiger partial charge in [0, 0.05) is 0 Å². The zero-order valence-corrected chi connectivity index (χ0v) is 18.3. The fourth-order valence-electron chi connectivity index (χ4n) is 2.89. The largest absolute Gasteiger partial charge is 0.330 e. The molecule has 0 aliphatic heterocycles. The van der Waals surface area contributed by atoms with Gasteiger partial charge in [0.15, 0.2) is 0 Å². The maximum absolute atomic E-state index is 13.0. The summed E-state index contributed by atoms with van der Waals surface area (Å²) in [6, 6.07) is 0. The summed E-state index contributed by atoms with van der Waals surface area (Å²) in [5, 5.41) is 0. The number of hydrogen-bond acceptors (Lipinski definition) is 3. The number of hydrogen-bond donors (Lipinski definition) is 0. The Hall–Kier alpha value is 0.150. The normalized spacial score (nSPS) is 12.0. The van der Waals surface area contributed by atoms with Crippen LogP contribution >= 0.6 is 7.60 Å². The lowest BCUT2D eigenvalue weighted by molar-refractivity contribution is 0.197. The first-order chi connectivity index (χ1) is 12.2. The van der Waals surface area contributed by atoms with Gasteiger partial charge in [0.2, 0.25) is 0 Å². The molecule has 0 saturated heterocycles. The summed E-state index contributed by atoms with van der Waals surface area (Å²) >= 11 is 0. The second kappa shape index (κ2) is 18.9. The molecular weight excluding hydrogens is 331 g/mol. The second-order valence-corrected chi connectivity index (χ2v) is 9.43. The smallest absolute Gasteiger partial charge is 0.309 e. The molecule has 0 rings (SSSR count). The molecule has 0 N–H and O–H groups in total. The standard InChI is InChI=1S/C21H45O3P/c1-4-7-10-13-16-19-23-25(22,21-18-15-12-9-6-3)24-20-17-14-11-8-5-2/h4-21H2,1-3H3. The Morgan fingerprint density at radius 1 is 0.520 bits per heavy atom. The molecule has 0 aliphatic rings. The molecular formula is C21H45O3P. The minimum Gasteiger partial charge on any atom is -0.309 e. The summed E-state index contributed by atoms with van der Waals surface area (Å²) in [6.07, 6.45) is 18.3. The molecule has 0 saturated carbocycles. The maximum atomic E-state index is 13.0. The van der Waals surface area contributed by atoms with Crippen molar-refractivity contribution < 1.29 is 13.6 Å². The van der Waals surface area contributed by atoms with E-state index < -0.39 is 7.60 Å². The summed E-state index contributed by atoms with van der Waals surface area (Å²) in [4.78, 5) is 0. The van der Waals surface area contributed by atoms with Crippen LogP contribution in [0.4, 0.5) is 0 Å². The Morgan fingerprint density at radius 2 is 0.880 bits per heavy atom. The van der Waals surface area contributed by atoms with E-state index in [4.69, 9.17) is 9.05 Å². The number of unbranched alkanes of at least 4 members (excludes halogenated alkanes) is 12. The van der Waals surface area contributed by atoms with Crippen molar-refractivity contribution >= 4 is 7.60 Å². The van der Waals surface area contributed by atoms with Crippen LogP contribution in [0.15, 0.2) is 0 Å². The van der Waals surface area contributed by atoms with Gasteiger partial charge in [0.1, 0.15) is 0 Å². The predicted octanol–water partition coefficient (Wildman–Crippen LogP) is 8.12. The summed E-state index contributed by atoms with van der Waals surface area (Å²) in [5.74, 6) is 0. The van der Waals surface area contributed by atoms with E-state index >= 15 is 0 Å². The van der Waals surface area contributed by atoms with Gasteiger partial charge in [-0.1, -0.05) is 97.8 Å². The monoisotopic (exact) mass is 376 g/mol. The zero-order valence-electron chi connectivity index (χ0n) is 17.4. The Labute approximate surface area is 158 Å². The Bertz CT molecular complexity index is 288. The Balaban J connectivity index is 4.03. The number of rotatable bonds is 20. The maximum Gasteiger partial charge on any atom is 0.330 e. The Morgan fingerprint density at radius 3 is 1.28 bits per heavy atom. The molecule has 0 spiro atoms. The van der Waals surface area contributed by atoms with E-state index in [0.29, 0.717) is 19.4 Å². The summed E-state index contributed by atoms with van der Waals surface area (Å²) < 4.78 is 24.5. The average Bonchev–Trinajstić information content (AvgIpc) is 2.61. The third kappa shape index (κ3) is 17.3. The van der Waals surface area contributed by atoms with Crippen molar-refractivity contribution in [3.05, 3.63) is 0 Å². The third-order valence-electron chi connectivity index (χ3n) is 4.61. The molecule has 0 heterocycles. The molecule has 0 unspecified atom stereocenters. The topological polar surface area (TPSA) is 35.5 Å². The van der Waals surface area contributed by atoms with E-state index in [9.17, 15) is 4.57 Å². The van der Waals surface area contributed by atoms with E-state index in [1.807, 2.05) is 0 Å². The lowest BCUT2D eigenvalue weighted by Gasteiger charge is -2.19. The van der Waals surface area contributed by atoms with Crippen LogP contribution in [0.5, 0.6) is 0 Å². The van der Waals surface area contributed by atoms with E-state index in [1.54, 1.807) is 0 Å².